The maximum Gasteiger partial charge on any atom is 0.308 e. The summed E-state index contributed by atoms with van der Waals surface area (Å²) in [6, 6.07) is 2.54. The molecule has 30 heavy (non-hydrogen) atoms. The number of carboxylic acids is 1. The van der Waals surface area contributed by atoms with Crippen LogP contribution in [0.4, 0.5) is 0 Å². The van der Waals surface area contributed by atoms with Crippen LogP contribution in [0.25, 0.3) is 0 Å². The van der Waals surface area contributed by atoms with E-state index < -0.39 is 5.97 Å². The average molecular weight is 436 g/mol. The lowest BCUT2D eigenvalue weighted by atomic mass is 9.82. The summed E-state index contributed by atoms with van der Waals surface area (Å²) in [7, 11) is 0. The third-order valence-electron chi connectivity index (χ3n) is 7.38. The van der Waals surface area contributed by atoms with Crippen LogP contribution in [-0.4, -0.2) is 51.4 Å². The lowest BCUT2D eigenvalue weighted by molar-refractivity contribution is -0.146. The fourth-order valence-corrected chi connectivity index (χ4v) is 6.02. The first-order valence-electron chi connectivity index (χ1n) is 11.4. The first-order valence-corrected chi connectivity index (χ1v) is 11.8. The number of rotatable bonds is 5. The van der Waals surface area contributed by atoms with Crippen molar-refractivity contribution in [2.45, 2.75) is 101 Å². The average Bonchev–Trinajstić information content (AvgIpc) is 3.00. The van der Waals surface area contributed by atoms with E-state index in [9.17, 15) is 20.0 Å². The van der Waals surface area contributed by atoms with Crippen LogP contribution in [0.15, 0.2) is 11.6 Å². The van der Waals surface area contributed by atoms with E-state index in [2.05, 4.69) is 30.1 Å². The molecule has 0 spiro atoms. The van der Waals surface area contributed by atoms with Gasteiger partial charge in [0.05, 0.1) is 5.92 Å². The Labute approximate surface area is 184 Å². The van der Waals surface area contributed by atoms with Crippen molar-refractivity contribution in [3.8, 4) is 6.07 Å². The quantitative estimate of drug-likeness (QED) is 0.388. The molecule has 1 aliphatic heterocycles. The van der Waals surface area contributed by atoms with Crippen molar-refractivity contribution in [3.05, 3.63) is 11.6 Å². The minimum absolute atomic E-state index is 0.0322. The Hall–Kier alpha value is -1.58. The van der Waals surface area contributed by atoms with Crippen LogP contribution in [0.3, 0.4) is 0 Å². The second-order valence-electron chi connectivity index (χ2n) is 9.35. The van der Waals surface area contributed by atoms with Gasteiger partial charge in [0.25, 0.3) is 5.91 Å². The smallest absolute Gasteiger partial charge is 0.308 e. The van der Waals surface area contributed by atoms with Crippen LogP contribution < -0.4 is 5.32 Å². The molecule has 6 nitrogen and oxygen atoms in total. The Kier molecular flexibility index (Phi) is 7.81. The van der Waals surface area contributed by atoms with Crippen molar-refractivity contribution < 1.29 is 14.7 Å². The molecule has 3 aliphatic rings. The van der Waals surface area contributed by atoms with Crippen molar-refractivity contribution in [2.75, 3.05) is 0 Å². The Morgan fingerprint density at radius 2 is 1.80 bits per heavy atom. The lowest BCUT2D eigenvalue weighted by Gasteiger charge is -2.41. The normalized spacial score (nSPS) is 38.1. The molecule has 0 aromatic rings. The molecule has 3 rings (SSSR count). The number of nitrogens with one attached hydrogen (secondary N) is 1. The highest BCUT2D eigenvalue weighted by atomic mass is 35.5. The third kappa shape index (κ3) is 5.18. The minimum Gasteiger partial charge on any atom is -0.481 e. The van der Waals surface area contributed by atoms with Crippen LogP contribution >= 0.6 is 11.6 Å². The zero-order valence-electron chi connectivity index (χ0n) is 18.0. The van der Waals surface area contributed by atoms with E-state index in [0.717, 1.165) is 57.8 Å². The fourth-order valence-electron chi connectivity index (χ4n) is 5.77. The highest BCUT2D eigenvalue weighted by molar-refractivity contribution is 6.20. The molecule has 1 amide bonds. The van der Waals surface area contributed by atoms with Crippen LogP contribution in [0.1, 0.15) is 71.6 Å². The molecular weight excluding hydrogens is 402 g/mol. The topological polar surface area (TPSA) is 93.4 Å². The maximum absolute atomic E-state index is 12.7. The number of halogens is 1. The number of likely N-dealkylation sites (tertiary alicyclic amines) is 1. The number of amides is 1. The number of nitriles is 1. The molecule has 1 heterocycles. The van der Waals surface area contributed by atoms with Gasteiger partial charge < -0.3 is 10.4 Å². The van der Waals surface area contributed by atoms with E-state index in [-0.39, 0.29) is 52.9 Å². The summed E-state index contributed by atoms with van der Waals surface area (Å²) < 4.78 is 0. The third-order valence-corrected chi connectivity index (χ3v) is 7.82. The molecule has 0 aromatic heterocycles. The number of alkyl halides is 1. The number of carbonyl (C=O) groups excluding carboxylic acids is 1. The van der Waals surface area contributed by atoms with Crippen molar-refractivity contribution >= 4 is 23.5 Å². The van der Waals surface area contributed by atoms with Gasteiger partial charge in [-0.2, -0.15) is 5.26 Å². The zero-order valence-corrected chi connectivity index (χ0v) is 18.8. The number of carboxylic acid groups (broad SMARTS) is 1. The standard InChI is InChI=1S/C23H34ClN3O3/c1-14-11-16(15(2)27(14)21-6-4-3-5-20(21)23(29)30)12-17(13-25)22(28)26-19-9-7-18(24)8-10-19/h12,14-16,18-21H,3-11H2,1-2H3,(H,26,28)(H,29,30)/b17-12+. The zero-order chi connectivity index (χ0) is 21.8. The first-order chi connectivity index (χ1) is 14.3. The SMILES string of the molecule is CC1CC(/C=C(\C#N)C(=O)NC2CCC(Cl)CC2)C(C)N1C1CCCCC1C(=O)O. The molecule has 166 valence electrons. The van der Waals surface area contributed by atoms with Crippen LogP contribution in [0.5, 0.6) is 0 Å². The Morgan fingerprint density at radius 1 is 1.13 bits per heavy atom. The van der Waals surface area contributed by atoms with Gasteiger partial charge in [-0.1, -0.05) is 18.9 Å². The predicted molar refractivity (Wildman–Crippen MR) is 116 cm³/mol. The second-order valence-corrected chi connectivity index (χ2v) is 9.96. The van der Waals surface area contributed by atoms with Gasteiger partial charge in [-0.25, -0.2) is 0 Å². The van der Waals surface area contributed by atoms with E-state index in [0.29, 0.717) is 0 Å². The van der Waals surface area contributed by atoms with Gasteiger partial charge >= 0.3 is 5.97 Å². The lowest BCUT2D eigenvalue weighted by Crippen LogP contribution is -2.50. The summed E-state index contributed by atoms with van der Waals surface area (Å²) in [5.74, 6) is -1.27. The molecule has 1 saturated heterocycles. The molecule has 0 aromatic carbocycles. The van der Waals surface area contributed by atoms with Gasteiger partial charge in [0, 0.05) is 29.5 Å². The molecule has 2 aliphatic carbocycles. The monoisotopic (exact) mass is 435 g/mol. The van der Waals surface area contributed by atoms with Gasteiger partial charge in [-0.15, -0.1) is 11.6 Å². The molecule has 5 atom stereocenters. The van der Waals surface area contributed by atoms with E-state index in [4.69, 9.17) is 11.6 Å². The van der Waals surface area contributed by atoms with Crippen molar-refractivity contribution in [1.29, 1.82) is 5.26 Å². The Morgan fingerprint density at radius 3 is 2.43 bits per heavy atom. The molecule has 2 saturated carbocycles. The first kappa shape index (κ1) is 23.1. The molecule has 0 radical (unpaired) electrons. The fraction of sp³-hybridized carbons (Fsp3) is 0.783. The van der Waals surface area contributed by atoms with Gasteiger partial charge in [0.2, 0.25) is 0 Å². The summed E-state index contributed by atoms with van der Waals surface area (Å²) in [5, 5.41) is 22.5. The van der Waals surface area contributed by atoms with E-state index in [1.165, 1.54) is 0 Å². The molecular formula is C23H34ClN3O3. The summed E-state index contributed by atoms with van der Waals surface area (Å²) in [6.45, 7) is 4.24. The predicted octanol–water partition coefficient (Wildman–Crippen LogP) is 3.84. The Bertz CT molecular complexity index is 711. The van der Waals surface area contributed by atoms with E-state index in [1.807, 2.05) is 6.08 Å². The van der Waals surface area contributed by atoms with Crippen molar-refractivity contribution in [3.63, 3.8) is 0 Å². The maximum atomic E-state index is 12.7. The number of carbonyl (C=O) groups is 2. The molecule has 2 N–H and O–H groups in total. The summed E-state index contributed by atoms with van der Waals surface area (Å²) >= 11 is 6.14. The van der Waals surface area contributed by atoms with Crippen molar-refractivity contribution in [2.24, 2.45) is 11.8 Å². The van der Waals surface area contributed by atoms with E-state index >= 15 is 0 Å². The number of hydrogen-bond acceptors (Lipinski definition) is 4. The molecule has 3 fully saturated rings. The summed E-state index contributed by atoms with van der Waals surface area (Å²) in [4.78, 5) is 26.8. The van der Waals surface area contributed by atoms with Gasteiger partial charge in [0.1, 0.15) is 11.6 Å². The van der Waals surface area contributed by atoms with Gasteiger partial charge in [0.15, 0.2) is 0 Å². The number of hydrogen-bond donors (Lipinski definition) is 2. The molecule has 0 bridgehead atoms. The molecule has 5 unspecified atom stereocenters. The number of aliphatic carboxylic acids is 1. The summed E-state index contributed by atoms with van der Waals surface area (Å²) in [6.07, 6.45) is 9.78. The second kappa shape index (κ2) is 10.2. The summed E-state index contributed by atoms with van der Waals surface area (Å²) in [5.41, 5.74) is 0.173. The Balaban J connectivity index is 1.68. The highest BCUT2D eigenvalue weighted by Gasteiger charge is 2.44. The van der Waals surface area contributed by atoms with Gasteiger partial charge in [-0.05, 0) is 64.7 Å². The highest BCUT2D eigenvalue weighted by Crippen LogP contribution is 2.39. The van der Waals surface area contributed by atoms with Crippen molar-refractivity contribution in [1.82, 2.24) is 10.2 Å². The van der Waals surface area contributed by atoms with E-state index in [1.54, 1.807) is 0 Å². The number of nitrogens with zero attached hydrogens (tertiary/aromatic N) is 2. The minimum atomic E-state index is -0.707. The van der Waals surface area contributed by atoms with Gasteiger partial charge in [-0.3, -0.25) is 14.5 Å². The van der Waals surface area contributed by atoms with Crippen LogP contribution in [-0.2, 0) is 9.59 Å². The van der Waals surface area contributed by atoms with Crippen LogP contribution in [0.2, 0.25) is 0 Å². The molecule has 7 heteroatoms. The van der Waals surface area contributed by atoms with Crippen LogP contribution in [0, 0.1) is 23.2 Å². The largest absolute Gasteiger partial charge is 0.481 e.